The zero-order chi connectivity index (χ0) is 11.4. The smallest absolute Gasteiger partial charge is 0.146 e. The van der Waals surface area contributed by atoms with Gasteiger partial charge < -0.3 is 4.52 Å². The lowest BCUT2D eigenvalue weighted by Crippen LogP contribution is -1.86. The lowest BCUT2D eigenvalue weighted by molar-refractivity contribution is 0.391. The van der Waals surface area contributed by atoms with Gasteiger partial charge in [0.1, 0.15) is 11.6 Å². The standard InChI is InChI=1S/C12H12FNOS/c1-9-6-11(15-14-9)8-16-7-10-4-2-3-5-12(10)13/h2-6H,7-8H2,1H3. The van der Waals surface area contributed by atoms with Gasteiger partial charge >= 0.3 is 0 Å². The van der Waals surface area contributed by atoms with Gasteiger partial charge in [0, 0.05) is 11.8 Å². The summed E-state index contributed by atoms with van der Waals surface area (Å²) in [6, 6.07) is 8.72. The Morgan fingerprint density at radius 2 is 2.12 bits per heavy atom. The summed E-state index contributed by atoms with van der Waals surface area (Å²) in [5.41, 5.74) is 1.60. The van der Waals surface area contributed by atoms with Crippen LogP contribution in [0.5, 0.6) is 0 Å². The molecule has 0 saturated carbocycles. The fraction of sp³-hybridized carbons (Fsp3) is 0.250. The highest BCUT2D eigenvalue weighted by molar-refractivity contribution is 7.97. The molecule has 0 N–H and O–H groups in total. The summed E-state index contributed by atoms with van der Waals surface area (Å²) in [7, 11) is 0. The molecular weight excluding hydrogens is 225 g/mol. The van der Waals surface area contributed by atoms with Crippen molar-refractivity contribution in [2.45, 2.75) is 18.4 Å². The molecule has 0 unspecified atom stereocenters. The number of aryl methyl sites for hydroxylation is 1. The van der Waals surface area contributed by atoms with Crippen molar-refractivity contribution in [3.05, 3.63) is 53.2 Å². The molecule has 2 rings (SSSR count). The Morgan fingerprint density at radius 3 is 2.81 bits per heavy atom. The number of hydrogen-bond acceptors (Lipinski definition) is 3. The molecule has 2 aromatic rings. The highest BCUT2D eigenvalue weighted by Crippen LogP contribution is 2.19. The lowest BCUT2D eigenvalue weighted by Gasteiger charge is -2.00. The van der Waals surface area contributed by atoms with Crippen LogP contribution in [0.3, 0.4) is 0 Å². The van der Waals surface area contributed by atoms with Crippen molar-refractivity contribution in [1.82, 2.24) is 5.16 Å². The van der Waals surface area contributed by atoms with Crippen molar-refractivity contribution < 1.29 is 8.91 Å². The summed E-state index contributed by atoms with van der Waals surface area (Å²) in [6.45, 7) is 1.88. The second kappa shape index (κ2) is 5.16. The zero-order valence-corrected chi connectivity index (χ0v) is 9.76. The molecule has 0 aliphatic heterocycles. The van der Waals surface area contributed by atoms with E-state index < -0.39 is 0 Å². The number of nitrogens with zero attached hydrogens (tertiary/aromatic N) is 1. The van der Waals surface area contributed by atoms with Crippen LogP contribution in [-0.2, 0) is 11.5 Å². The lowest BCUT2D eigenvalue weighted by atomic mass is 10.2. The van der Waals surface area contributed by atoms with Gasteiger partial charge in [0.15, 0.2) is 0 Å². The maximum atomic E-state index is 13.3. The van der Waals surface area contributed by atoms with Gasteiger partial charge in [-0.15, -0.1) is 11.8 Å². The monoisotopic (exact) mass is 237 g/mol. The summed E-state index contributed by atoms with van der Waals surface area (Å²) < 4.78 is 18.3. The molecule has 0 aliphatic rings. The molecule has 0 saturated heterocycles. The van der Waals surface area contributed by atoms with E-state index >= 15 is 0 Å². The minimum atomic E-state index is -0.149. The second-order valence-corrected chi connectivity index (χ2v) is 4.50. The van der Waals surface area contributed by atoms with Crippen molar-refractivity contribution in [2.24, 2.45) is 0 Å². The van der Waals surface area contributed by atoms with Crippen LogP contribution < -0.4 is 0 Å². The SMILES string of the molecule is Cc1cc(CSCc2ccccc2F)on1. The van der Waals surface area contributed by atoms with E-state index in [9.17, 15) is 4.39 Å². The molecule has 0 amide bonds. The van der Waals surface area contributed by atoms with E-state index in [1.165, 1.54) is 6.07 Å². The van der Waals surface area contributed by atoms with Crippen molar-refractivity contribution in [3.63, 3.8) is 0 Å². The van der Waals surface area contributed by atoms with Gasteiger partial charge in [-0.25, -0.2) is 4.39 Å². The predicted octanol–water partition coefficient (Wildman–Crippen LogP) is 3.56. The van der Waals surface area contributed by atoms with E-state index in [-0.39, 0.29) is 5.82 Å². The second-order valence-electron chi connectivity index (χ2n) is 3.52. The topological polar surface area (TPSA) is 26.0 Å². The van der Waals surface area contributed by atoms with Crippen LogP contribution in [0.15, 0.2) is 34.9 Å². The van der Waals surface area contributed by atoms with Gasteiger partial charge in [-0.05, 0) is 18.6 Å². The Hall–Kier alpha value is -1.29. The first-order valence-electron chi connectivity index (χ1n) is 4.99. The number of halogens is 1. The first kappa shape index (κ1) is 11.2. The van der Waals surface area contributed by atoms with Gasteiger partial charge in [-0.3, -0.25) is 0 Å². The summed E-state index contributed by atoms with van der Waals surface area (Å²) in [6.07, 6.45) is 0. The third kappa shape index (κ3) is 2.85. The molecule has 0 fully saturated rings. The summed E-state index contributed by atoms with van der Waals surface area (Å²) in [5.74, 6) is 2.05. The molecule has 1 aromatic carbocycles. The highest BCUT2D eigenvalue weighted by Gasteiger charge is 2.03. The highest BCUT2D eigenvalue weighted by atomic mass is 32.2. The van der Waals surface area contributed by atoms with E-state index in [0.717, 1.165) is 22.8 Å². The Morgan fingerprint density at radius 1 is 1.31 bits per heavy atom. The van der Waals surface area contributed by atoms with Crippen LogP contribution in [-0.4, -0.2) is 5.16 Å². The number of benzene rings is 1. The summed E-state index contributed by atoms with van der Waals surface area (Å²) in [4.78, 5) is 0. The van der Waals surface area contributed by atoms with Gasteiger partial charge in [0.25, 0.3) is 0 Å². The average Bonchev–Trinajstić information content (AvgIpc) is 2.67. The molecular formula is C12H12FNOS. The molecule has 0 atom stereocenters. The molecule has 0 aliphatic carbocycles. The Kier molecular flexibility index (Phi) is 3.62. The first-order chi connectivity index (χ1) is 7.75. The van der Waals surface area contributed by atoms with Crippen molar-refractivity contribution in [1.29, 1.82) is 0 Å². The quantitative estimate of drug-likeness (QED) is 0.813. The van der Waals surface area contributed by atoms with E-state index in [2.05, 4.69) is 5.16 Å². The van der Waals surface area contributed by atoms with Gasteiger partial charge in [0.2, 0.25) is 0 Å². The van der Waals surface area contributed by atoms with Crippen LogP contribution in [0.1, 0.15) is 17.0 Å². The Labute approximate surface area is 97.8 Å². The largest absolute Gasteiger partial charge is 0.360 e. The van der Waals surface area contributed by atoms with Gasteiger partial charge in [-0.2, -0.15) is 0 Å². The minimum absolute atomic E-state index is 0.149. The average molecular weight is 237 g/mol. The molecule has 16 heavy (non-hydrogen) atoms. The van der Waals surface area contributed by atoms with Crippen LogP contribution in [0.4, 0.5) is 4.39 Å². The van der Waals surface area contributed by atoms with E-state index in [0.29, 0.717) is 5.75 Å². The number of aromatic nitrogens is 1. The number of thioether (sulfide) groups is 1. The molecule has 0 bridgehead atoms. The van der Waals surface area contributed by atoms with Crippen molar-refractivity contribution >= 4 is 11.8 Å². The molecule has 4 heteroatoms. The fourth-order valence-electron chi connectivity index (χ4n) is 1.36. The van der Waals surface area contributed by atoms with Crippen LogP contribution in [0.2, 0.25) is 0 Å². The molecule has 84 valence electrons. The molecule has 1 aromatic heterocycles. The number of hydrogen-bond donors (Lipinski definition) is 0. The fourth-order valence-corrected chi connectivity index (χ4v) is 2.25. The molecule has 1 heterocycles. The third-order valence-corrected chi connectivity index (χ3v) is 3.14. The maximum Gasteiger partial charge on any atom is 0.146 e. The number of rotatable bonds is 4. The molecule has 0 spiro atoms. The first-order valence-corrected chi connectivity index (χ1v) is 6.14. The minimum Gasteiger partial charge on any atom is -0.360 e. The molecule has 2 nitrogen and oxygen atoms in total. The van der Waals surface area contributed by atoms with Crippen molar-refractivity contribution in [2.75, 3.05) is 0 Å². The van der Waals surface area contributed by atoms with Gasteiger partial charge in [-0.1, -0.05) is 23.4 Å². The summed E-state index contributed by atoms with van der Waals surface area (Å²) >= 11 is 1.61. The van der Waals surface area contributed by atoms with E-state index in [4.69, 9.17) is 4.52 Å². The van der Waals surface area contributed by atoms with Crippen LogP contribution in [0, 0.1) is 12.7 Å². The van der Waals surface area contributed by atoms with Crippen molar-refractivity contribution in [3.8, 4) is 0 Å². The third-order valence-electron chi connectivity index (χ3n) is 2.14. The van der Waals surface area contributed by atoms with Crippen LogP contribution >= 0.6 is 11.8 Å². The van der Waals surface area contributed by atoms with Gasteiger partial charge in [0.05, 0.1) is 11.4 Å². The maximum absolute atomic E-state index is 13.3. The Balaban J connectivity index is 1.87. The van der Waals surface area contributed by atoms with Crippen LogP contribution in [0.25, 0.3) is 0 Å². The van der Waals surface area contributed by atoms with E-state index in [1.54, 1.807) is 23.9 Å². The zero-order valence-electron chi connectivity index (χ0n) is 8.94. The van der Waals surface area contributed by atoms with E-state index in [1.807, 2.05) is 19.1 Å². The molecule has 0 radical (unpaired) electrons. The normalized spacial score (nSPS) is 10.6. The summed E-state index contributed by atoms with van der Waals surface area (Å²) in [5, 5.41) is 3.80. The predicted molar refractivity (Wildman–Crippen MR) is 62.6 cm³/mol. The Bertz CT molecular complexity index is 470.